The SMILES string of the molecule is CSc1ncc(C(=O)Nc2ccc(OCC(=O)N(C)C)cc2)n1-c1ccccc1. The van der Waals surface area contributed by atoms with Gasteiger partial charge in [-0.3, -0.25) is 14.2 Å². The number of benzene rings is 2. The number of aromatic nitrogens is 2. The summed E-state index contributed by atoms with van der Waals surface area (Å²) < 4.78 is 7.27. The lowest BCUT2D eigenvalue weighted by Gasteiger charge is -2.12. The first kappa shape index (κ1) is 20.5. The molecule has 0 unspecified atom stereocenters. The molecule has 150 valence electrons. The molecule has 0 spiro atoms. The molecule has 2 amide bonds. The van der Waals surface area contributed by atoms with Gasteiger partial charge in [-0.15, -0.1) is 0 Å². The van der Waals surface area contributed by atoms with Crippen LogP contribution in [0.1, 0.15) is 10.5 Å². The third-order valence-corrected chi connectivity index (χ3v) is 4.79. The molecule has 3 aromatic rings. The molecule has 0 radical (unpaired) electrons. The number of imidazole rings is 1. The number of ether oxygens (including phenoxy) is 1. The van der Waals surface area contributed by atoms with Gasteiger partial charge in [0.2, 0.25) is 0 Å². The predicted molar refractivity (Wildman–Crippen MR) is 114 cm³/mol. The van der Waals surface area contributed by atoms with E-state index in [1.165, 1.54) is 16.7 Å². The molecule has 29 heavy (non-hydrogen) atoms. The van der Waals surface area contributed by atoms with Gasteiger partial charge in [-0.25, -0.2) is 4.98 Å². The van der Waals surface area contributed by atoms with Gasteiger partial charge in [-0.2, -0.15) is 0 Å². The minimum Gasteiger partial charge on any atom is -0.484 e. The van der Waals surface area contributed by atoms with Crippen molar-refractivity contribution >= 4 is 29.3 Å². The topological polar surface area (TPSA) is 76.5 Å². The Morgan fingerprint density at radius 3 is 2.41 bits per heavy atom. The number of amides is 2. The number of rotatable bonds is 7. The maximum absolute atomic E-state index is 12.8. The van der Waals surface area contributed by atoms with Gasteiger partial charge in [-0.05, 0) is 42.7 Å². The fourth-order valence-electron chi connectivity index (χ4n) is 2.57. The van der Waals surface area contributed by atoms with E-state index in [-0.39, 0.29) is 18.4 Å². The Morgan fingerprint density at radius 1 is 1.10 bits per heavy atom. The number of nitrogens with zero attached hydrogens (tertiary/aromatic N) is 3. The van der Waals surface area contributed by atoms with E-state index in [0.717, 1.165) is 10.8 Å². The Kier molecular flexibility index (Phi) is 6.56. The summed E-state index contributed by atoms with van der Waals surface area (Å²) in [5.41, 5.74) is 1.93. The second-order valence-electron chi connectivity index (χ2n) is 6.36. The Labute approximate surface area is 173 Å². The molecule has 1 aromatic heterocycles. The van der Waals surface area contributed by atoms with E-state index in [9.17, 15) is 9.59 Å². The third kappa shape index (κ3) is 4.97. The minimum absolute atomic E-state index is 0.0353. The van der Waals surface area contributed by atoms with Crippen molar-refractivity contribution in [3.05, 3.63) is 66.5 Å². The van der Waals surface area contributed by atoms with E-state index in [1.54, 1.807) is 44.6 Å². The molecule has 0 aliphatic carbocycles. The Hall–Kier alpha value is -3.26. The van der Waals surface area contributed by atoms with E-state index < -0.39 is 0 Å². The highest BCUT2D eigenvalue weighted by Crippen LogP contribution is 2.23. The number of carbonyl (C=O) groups is 2. The summed E-state index contributed by atoms with van der Waals surface area (Å²) in [5, 5.41) is 3.61. The lowest BCUT2D eigenvalue weighted by molar-refractivity contribution is -0.130. The fraction of sp³-hybridized carbons (Fsp3) is 0.190. The Morgan fingerprint density at radius 2 is 1.79 bits per heavy atom. The first-order valence-corrected chi connectivity index (χ1v) is 10.1. The van der Waals surface area contributed by atoms with Crippen molar-refractivity contribution in [1.82, 2.24) is 14.5 Å². The zero-order chi connectivity index (χ0) is 20.8. The van der Waals surface area contributed by atoms with Crippen LogP contribution in [0.15, 0.2) is 66.0 Å². The van der Waals surface area contributed by atoms with Crippen LogP contribution in [-0.2, 0) is 4.79 Å². The summed E-state index contributed by atoms with van der Waals surface area (Å²) in [5.74, 6) is 0.163. The van der Waals surface area contributed by atoms with Gasteiger partial charge in [0.25, 0.3) is 11.8 Å². The molecule has 7 nitrogen and oxygen atoms in total. The summed E-state index contributed by atoms with van der Waals surface area (Å²) in [6.45, 7) is -0.0353. The van der Waals surface area contributed by atoms with E-state index >= 15 is 0 Å². The van der Waals surface area contributed by atoms with Gasteiger partial charge in [0, 0.05) is 25.5 Å². The summed E-state index contributed by atoms with van der Waals surface area (Å²) in [7, 11) is 3.35. The molecule has 1 heterocycles. The van der Waals surface area contributed by atoms with Gasteiger partial charge in [-0.1, -0.05) is 30.0 Å². The van der Waals surface area contributed by atoms with Crippen LogP contribution in [0.3, 0.4) is 0 Å². The average molecular weight is 410 g/mol. The molecule has 0 bridgehead atoms. The molecule has 1 N–H and O–H groups in total. The maximum Gasteiger partial charge on any atom is 0.274 e. The minimum atomic E-state index is -0.266. The van der Waals surface area contributed by atoms with Crippen molar-refractivity contribution in [2.45, 2.75) is 5.16 Å². The van der Waals surface area contributed by atoms with Crippen LogP contribution >= 0.6 is 11.8 Å². The van der Waals surface area contributed by atoms with Gasteiger partial charge in [0.1, 0.15) is 11.4 Å². The van der Waals surface area contributed by atoms with Crippen LogP contribution < -0.4 is 10.1 Å². The van der Waals surface area contributed by atoms with Crippen LogP contribution in [-0.4, -0.2) is 53.2 Å². The van der Waals surface area contributed by atoms with Crippen LogP contribution in [0.25, 0.3) is 5.69 Å². The summed E-state index contributed by atoms with van der Waals surface area (Å²) >= 11 is 1.47. The van der Waals surface area contributed by atoms with Crippen molar-refractivity contribution in [2.75, 3.05) is 32.3 Å². The highest BCUT2D eigenvalue weighted by molar-refractivity contribution is 7.98. The molecule has 8 heteroatoms. The van der Waals surface area contributed by atoms with Gasteiger partial charge in [0.05, 0.1) is 6.20 Å². The first-order valence-electron chi connectivity index (χ1n) is 8.91. The largest absolute Gasteiger partial charge is 0.484 e. The first-order chi connectivity index (χ1) is 14.0. The average Bonchev–Trinajstić information content (AvgIpc) is 3.18. The summed E-state index contributed by atoms with van der Waals surface area (Å²) in [6.07, 6.45) is 3.49. The summed E-state index contributed by atoms with van der Waals surface area (Å²) in [4.78, 5) is 30.3. The maximum atomic E-state index is 12.8. The Balaban J connectivity index is 1.73. The van der Waals surface area contributed by atoms with Crippen molar-refractivity contribution < 1.29 is 14.3 Å². The second kappa shape index (κ2) is 9.29. The zero-order valence-electron chi connectivity index (χ0n) is 16.5. The standard InChI is InChI=1S/C21H22N4O3S/c1-24(2)19(26)14-28-17-11-9-15(10-12-17)23-20(27)18-13-22-21(29-3)25(18)16-7-5-4-6-8-16/h4-13H,14H2,1-3H3,(H,23,27). The number of anilines is 1. The lowest BCUT2D eigenvalue weighted by Crippen LogP contribution is -2.27. The normalized spacial score (nSPS) is 10.4. The molecule has 0 saturated heterocycles. The van der Waals surface area contributed by atoms with Gasteiger partial charge >= 0.3 is 0 Å². The molecule has 0 aliphatic heterocycles. The van der Waals surface area contributed by atoms with E-state index in [1.807, 2.05) is 41.2 Å². The highest BCUT2D eigenvalue weighted by atomic mass is 32.2. The number of hydrogen-bond donors (Lipinski definition) is 1. The van der Waals surface area contributed by atoms with Crippen molar-refractivity contribution in [1.29, 1.82) is 0 Å². The number of hydrogen-bond acceptors (Lipinski definition) is 5. The zero-order valence-corrected chi connectivity index (χ0v) is 17.3. The van der Waals surface area contributed by atoms with Crippen molar-refractivity contribution in [3.8, 4) is 11.4 Å². The number of para-hydroxylation sites is 1. The molecule has 0 fully saturated rings. The Bertz CT molecular complexity index is 985. The number of carbonyl (C=O) groups excluding carboxylic acids is 2. The van der Waals surface area contributed by atoms with Gasteiger partial charge < -0.3 is 15.0 Å². The molecule has 0 aliphatic rings. The lowest BCUT2D eigenvalue weighted by atomic mass is 10.2. The van der Waals surface area contributed by atoms with Crippen LogP contribution in [0.4, 0.5) is 5.69 Å². The van der Waals surface area contributed by atoms with Crippen molar-refractivity contribution in [2.24, 2.45) is 0 Å². The van der Waals surface area contributed by atoms with E-state index in [0.29, 0.717) is 17.1 Å². The number of likely N-dealkylation sites (N-methyl/N-ethyl adjacent to an activating group) is 1. The van der Waals surface area contributed by atoms with Crippen LogP contribution in [0, 0.1) is 0 Å². The number of nitrogens with one attached hydrogen (secondary N) is 1. The molecule has 3 rings (SSSR count). The van der Waals surface area contributed by atoms with Crippen molar-refractivity contribution in [3.63, 3.8) is 0 Å². The number of thioether (sulfide) groups is 1. The van der Waals surface area contributed by atoms with E-state index in [4.69, 9.17) is 4.74 Å². The quantitative estimate of drug-likeness (QED) is 0.605. The predicted octanol–water partition coefficient (Wildman–Crippen LogP) is 3.31. The smallest absolute Gasteiger partial charge is 0.274 e. The van der Waals surface area contributed by atoms with Crippen LogP contribution in [0.5, 0.6) is 5.75 Å². The third-order valence-electron chi connectivity index (χ3n) is 4.13. The molecule has 2 aromatic carbocycles. The molecule has 0 atom stereocenters. The molecule has 0 saturated carbocycles. The highest BCUT2D eigenvalue weighted by Gasteiger charge is 2.17. The summed E-state index contributed by atoms with van der Waals surface area (Å²) in [6, 6.07) is 16.5. The monoisotopic (exact) mass is 410 g/mol. The van der Waals surface area contributed by atoms with Crippen LogP contribution in [0.2, 0.25) is 0 Å². The molecular weight excluding hydrogens is 388 g/mol. The van der Waals surface area contributed by atoms with E-state index in [2.05, 4.69) is 10.3 Å². The van der Waals surface area contributed by atoms with Gasteiger partial charge in [0.15, 0.2) is 11.8 Å². The fourth-order valence-corrected chi connectivity index (χ4v) is 3.11. The molecular formula is C21H22N4O3S. The second-order valence-corrected chi connectivity index (χ2v) is 7.13.